The molecule has 0 aliphatic heterocycles. The zero-order chi connectivity index (χ0) is 14.6. The van der Waals surface area contributed by atoms with Crippen LogP contribution in [0.1, 0.15) is 36.1 Å². The predicted molar refractivity (Wildman–Crippen MR) is 93.0 cm³/mol. The lowest BCUT2D eigenvalue weighted by Crippen LogP contribution is -2.27. The molecule has 0 amide bonds. The third-order valence-electron chi connectivity index (χ3n) is 4.83. The van der Waals surface area contributed by atoms with Crippen LogP contribution in [0.2, 0.25) is 0 Å². The Morgan fingerprint density at radius 1 is 0.905 bits per heavy atom. The van der Waals surface area contributed by atoms with E-state index in [9.17, 15) is 0 Å². The lowest BCUT2D eigenvalue weighted by molar-refractivity contribution is 0.612. The van der Waals surface area contributed by atoms with Gasteiger partial charge in [0.2, 0.25) is 0 Å². The SMILES string of the molecule is CC1(C)c2cc(Br)ccc2Cc2c1ccc1ccccc21. The highest BCUT2D eigenvalue weighted by Crippen LogP contribution is 2.44. The van der Waals surface area contributed by atoms with E-state index >= 15 is 0 Å². The van der Waals surface area contributed by atoms with Crippen LogP contribution < -0.4 is 0 Å². The highest BCUT2D eigenvalue weighted by Gasteiger charge is 2.33. The number of hydrogen-bond donors (Lipinski definition) is 0. The maximum atomic E-state index is 3.62. The van der Waals surface area contributed by atoms with Crippen LogP contribution in [-0.2, 0) is 11.8 Å². The van der Waals surface area contributed by atoms with Crippen molar-refractivity contribution in [3.8, 4) is 0 Å². The summed E-state index contributed by atoms with van der Waals surface area (Å²) in [6.07, 6.45) is 1.03. The van der Waals surface area contributed by atoms with E-state index in [1.807, 2.05) is 0 Å². The Bertz CT molecular complexity index is 859. The first-order valence-electron chi connectivity index (χ1n) is 7.37. The van der Waals surface area contributed by atoms with E-state index < -0.39 is 0 Å². The minimum atomic E-state index is 0.0523. The average Bonchev–Trinajstić information content (AvgIpc) is 2.48. The molecule has 0 spiro atoms. The largest absolute Gasteiger partial charge is 0.0616 e. The molecular weight excluding hydrogens is 320 g/mol. The summed E-state index contributed by atoms with van der Waals surface area (Å²) in [5.74, 6) is 0. The second-order valence-corrected chi connectivity index (χ2v) is 7.33. The molecule has 0 nitrogen and oxygen atoms in total. The maximum absolute atomic E-state index is 3.62. The van der Waals surface area contributed by atoms with Crippen LogP contribution in [0.25, 0.3) is 10.8 Å². The normalized spacial score (nSPS) is 15.6. The summed E-state index contributed by atoms with van der Waals surface area (Å²) in [6, 6.07) is 20.0. The highest BCUT2D eigenvalue weighted by atomic mass is 79.9. The molecule has 0 bridgehead atoms. The third-order valence-corrected chi connectivity index (χ3v) is 5.32. The molecule has 1 heteroatoms. The second-order valence-electron chi connectivity index (χ2n) is 6.42. The van der Waals surface area contributed by atoms with Gasteiger partial charge in [-0.15, -0.1) is 0 Å². The van der Waals surface area contributed by atoms with Crippen molar-refractivity contribution in [1.82, 2.24) is 0 Å². The fourth-order valence-electron chi connectivity index (χ4n) is 3.73. The second kappa shape index (κ2) is 4.45. The number of hydrogen-bond acceptors (Lipinski definition) is 0. The maximum Gasteiger partial charge on any atom is 0.0178 e. The van der Waals surface area contributed by atoms with Gasteiger partial charge in [-0.25, -0.2) is 0 Å². The Labute approximate surface area is 133 Å². The van der Waals surface area contributed by atoms with Gasteiger partial charge in [-0.1, -0.05) is 72.2 Å². The Hall–Kier alpha value is -1.60. The molecule has 0 saturated carbocycles. The van der Waals surface area contributed by atoms with E-state index in [4.69, 9.17) is 0 Å². The Balaban J connectivity index is 2.06. The van der Waals surface area contributed by atoms with E-state index in [0.29, 0.717) is 0 Å². The summed E-state index contributed by atoms with van der Waals surface area (Å²) in [7, 11) is 0. The van der Waals surface area contributed by atoms with Crippen molar-refractivity contribution >= 4 is 26.7 Å². The molecule has 21 heavy (non-hydrogen) atoms. The van der Waals surface area contributed by atoms with Gasteiger partial charge in [-0.05, 0) is 51.6 Å². The minimum Gasteiger partial charge on any atom is -0.0616 e. The molecule has 0 heterocycles. The molecule has 1 aliphatic carbocycles. The average molecular weight is 337 g/mol. The number of benzene rings is 3. The van der Waals surface area contributed by atoms with Crippen molar-refractivity contribution in [1.29, 1.82) is 0 Å². The molecule has 0 radical (unpaired) electrons. The van der Waals surface area contributed by atoms with Crippen molar-refractivity contribution < 1.29 is 0 Å². The van der Waals surface area contributed by atoms with Crippen LogP contribution in [0.5, 0.6) is 0 Å². The molecule has 3 aromatic carbocycles. The quantitative estimate of drug-likeness (QED) is 0.484. The van der Waals surface area contributed by atoms with Crippen LogP contribution in [-0.4, -0.2) is 0 Å². The van der Waals surface area contributed by atoms with Gasteiger partial charge in [0.05, 0.1) is 0 Å². The van der Waals surface area contributed by atoms with Crippen LogP contribution in [0.15, 0.2) is 59.1 Å². The Morgan fingerprint density at radius 2 is 1.71 bits per heavy atom. The van der Waals surface area contributed by atoms with E-state index in [2.05, 4.69) is 84.4 Å². The Morgan fingerprint density at radius 3 is 2.57 bits per heavy atom. The molecule has 0 fully saturated rings. The standard InChI is InChI=1S/C20H17Br/c1-20(2)18-10-8-13-5-3-4-6-16(13)17(18)11-14-7-9-15(21)12-19(14)20/h3-10,12H,11H2,1-2H3. The van der Waals surface area contributed by atoms with Gasteiger partial charge in [0.1, 0.15) is 0 Å². The van der Waals surface area contributed by atoms with Crippen molar-refractivity contribution in [2.24, 2.45) is 0 Å². The molecule has 0 atom stereocenters. The van der Waals surface area contributed by atoms with Gasteiger partial charge in [0.15, 0.2) is 0 Å². The van der Waals surface area contributed by atoms with Crippen molar-refractivity contribution in [3.63, 3.8) is 0 Å². The summed E-state index contributed by atoms with van der Waals surface area (Å²) in [4.78, 5) is 0. The monoisotopic (exact) mass is 336 g/mol. The molecular formula is C20H17Br. The summed E-state index contributed by atoms with van der Waals surface area (Å²) < 4.78 is 1.17. The van der Waals surface area contributed by atoms with Crippen molar-refractivity contribution in [2.75, 3.05) is 0 Å². The van der Waals surface area contributed by atoms with E-state index in [-0.39, 0.29) is 5.41 Å². The lowest BCUT2D eigenvalue weighted by atomic mass is 9.68. The summed E-state index contributed by atoms with van der Waals surface area (Å²) in [5, 5.41) is 2.74. The molecule has 4 rings (SSSR count). The van der Waals surface area contributed by atoms with E-state index in [0.717, 1.165) is 6.42 Å². The van der Waals surface area contributed by atoms with E-state index in [1.54, 1.807) is 0 Å². The first-order valence-corrected chi connectivity index (χ1v) is 8.17. The summed E-state index contributed by atoms with van der Waals surface area (Å²) in [6.45, 7) is 4.68. The topological polar surface area (TPSA) is 0 Å². The summed E-state index contributed by atoms with van der Waals surface area (Å²) >= 11 is 3.62. The fraction of sp³-hybridized carbons (Fsp3) is 0.200. The van der Waals surface area contributed by atoms with Crippen LogP contribution >= 0.6 is 15.9 Å². The molecule has 3 aromatic rings. The molecule has 104 valence electrons. The molecule has 0 N–H and O–H groups in total. The van der Waals surface area contributed by atoms with Crippen LogP contribution in [0.3, 0.4) is 0 Å². The number of halogens is 1. The minimum absolute atomic E-state index is 0.0523. The molecule has 1 aliphatic rings. The van der Waals surface area contributed by atoms with Gasteiger partial charge >= 0.3 is 0 Å². The smallest absolute Gasteiger partial charge is 0.0178 e. The van der Waals surface area contributed by atoms with Gasteiger partial charge < -0.3 is 0 Å². The van der Waals surface area contributed by atoms with Gasteiger partial charge in [-0.2, -0.15) is 0 Å². The highest BCUT2D eigenvalue weighted by molar-refractivity contribution is 9.10. The first-order chi connectivity index (χ1) is 10.1. The van der Waals surface area contributed by atoms with Gasteiger partial charge in [0, 0.05) is 9.89 Å². The molecule has 0 aromatic heterocycles. The lowest BCUT2D eigenvalue weighted by Gasteiger charge is -2.36. The Kier molecular flexibility index (Phi) is 2.77. The molecule has 0 saturated heterocycles. The summed E-state index contributed by atoms with van der Waals surface area (Å²) in [5.41, 5.74) is 5.91. The van der Waals surface area contributed by atoms with Crippen LogP contribution in [0.4, 0.5) is 0 Å². The molecule has 0 unspecified atom stereocenters. The zero-order valence-corrected chi connectivity index (χ0v) is 13.9. The van der Waals surface area contributed by atoms with Gasteiger partial charge in [-0.3, -0.25) is 0 Å². The van der Waals surface area contributed by atoms with Crippen molar-refractivity contribution in [2.45, 2.75) is 25.7 Å². The third kappa shape index (κ3) is 1.87. The first kappa shape index (κ1) is 13.1. The van der Waals surface area contributed by atoms with Gasteiger partial charge in [0.25, 0.3) is 0 Å². The van der Waals surface area contributed by atoms with Crippen LogP contribution in [0, 0.1) is 0 Å². The predicted octanol–water partition coefficient (Wildman–Crippen LogP) is 5.83. The van der Waals surface area contributed by atoms with E-state index in [1.165, 1.54) is 37.5 Å². The number of rotatable bonds is 0. The van der Waals surface area contributed by atoms with Crippen molar-refractivity contribution in [3.05, 3.63) is 81.3 Å². The fourth-order valence-corrected chi connectivity index (χ4v) is 4.09. The number of fused-ring (bicyclic) bond motifs is 4. The zero-order valence-electron chi connectivity index (χ0n) is 12.3.